The summed E-state index contributed by atoms with van der Waals surface area (Å²) < 4.78 is 15.6. The molecule has 0 saturated heterocycles. The number of esters is 1. The normalized spacial score (nSPS) is 12.2. The molecule has 7 heteroatoms. The van der Waals surface area contributed by atoms with E-state index in [4.69, 9.17) is 14.2 Å². The van der Waals surface area contributed by atoms with Gasteiger partial charge in [-0.25, -0.2) is 9.78 Å². The van der Waals surface area contributed by atoms with E-state index in [1.807, 2.05) is 18.2 Å². The Bertz CT molecular complexity index is 656. The van der Waals surface area contributed by atoms with E-state index >= 15 is 0 Å². The molecule has 110 valence electrons. The summed E-state index contributed by atoms with van der Waals surface area (Å²) in [6.07, 6.45) is 0. The van der Waals surface area contributed by atoms with Crippen molar-refractivity contribution in [3.8, 4) is 11.5 Å². The second kappa shape index (κ2) is 6.01. The number of carbonyl (C=O) groups is 1. The van der Waals surface area contributed by atoms with Crippen molar-refractivity contribution in [3.63, 3.8) is 0 Å². The Labute approximate surface area is 125 Å². The number of anilines is 1. The Morgan fingerprint density at radius 1 is 1.43 bits per heavy atom. The van der Waals surface area contributed by atoms with Crippen LogP contribution in [-0.2, 0) is 11.3 Å². The first-order valence-corrected chi connectivity index (χ1v) is 7.39. The molecule has 0 aliphatic carbocycles. The number of nitrogens with zero attached hydrogens (tertiary/aromatic N) is 1. The molecule has 1 aromatic carbocycles. The number of thiazole rings is 1. The van der Waals surface area contributed by atoms with Gasteiger partial charge in [0.1, 0.15) is 5.00 Å². The van der Waals surface area contributed by atoms with Crippen LogP contribution in [0.25, 0.3) is 0 Å². The van der Waals surface area contributed by atoms with E-state index < -0.39 is 5.97 Å². The predicted molar refractivity (Wildman–Crippen MR) is 78.0 cm³/mol. The lowest BCUT2D eigenvalue weighted by atomic mass is 10.2. The number of hydrogen-bond acceptors (Lipinski definition) is 7. The minimum Gasteiger partial charge on any atom is -0.461 e. The first-order chi connectivity index (χ1) is 10.3. The Balaban J connectivity index is 1.68. The number of hydrogen-bond donors (Lipinski definition) is 1. The fraction of sp³-hybridized carbons (Fsp3) is 0.286. The molecular formula is C14H14N2O4S. The Hall–Kier alpha value is -2.28. The molecule has 2 heterocycles. The fourth-order valence-electron chi connectivity index (χ4n) is 1.95. The minimum absolute atomic E-state index is 0.258. The summed E-state index contributed by atoms with van der Waals surface area (Å²) in [6, 6.07) is 5.74. The quantitative estimate of drug-likeness (QED) is 0.856. The zero-order chi connectivity index (χ0) is 14.7. The number of aromatic nitrogens is 1. The second-order valence-electron chi connectivity index (χ2n) is 4.29. The molecule has 1 aromatic heterocycles. The van der Waals surface area contributed by atoms with E-state index in [1.165, 1.54) is 11.3 Å². The van der Waals surface area contributed by atoms with Gasteiger partial charge in [0.15, 0.2) is 17.2 Å². The summed E-state index contributed by atoms with van der Waals surface area (Å²) in [7, 11) is 0. The number of fused-ring (bicyclic) bond motifs is 1. The number of nitrogens with one attached hydrogen (secondary N) is 1. The van der Waals surface area contributed by atoms with Crippen LogP contribution in [-0.4, -0.2) is 24.4 Å². The molecular weight excluding hydrogens is 292 g/mol. The van der Waals surface area contributed by atoms with Crippen LogP contribution in [0, 0.1) is 0 Å². The molecule has 3 rings (SSSR count). The van der Waals surface area contributed by atoms with Crippen molar-refractivity contribution >= 4 is 22.3 Å². The lowest BCUT2D eigenvalue weighted by molar-refractivity contribution is 0.0521. The lowest BCUT2D eigenvalue weighted by Crippen LogP contribution is -2.09. The molecule has 0 radical (unpaired) electrons. The lowest BCUT2D eigenvalue weighted by Gasteiger charge is -2.07. The summed E-state index contributed by atoms with van der Waals surface area (Å²) in [5.74, 6) is 1.08. The van der Waals surface area contributed by atoms with Crippen molar-refractivity contribution in [2.24, 2.45) is 0 Å². The summed E-state index contributed by atoms with van der Waals surface area (Å²) >= 11 is 1.37. The summed E-state index contributed by atoms with van der Waals surface area (Å²) in [6.45, 7) is 2.92. The van der Waals surface area contributed by atoms with Gasteiger partial charge in [0.25, 0.3) is 0 Å². The van der Waals surface area contributed by atoms with E-state index in [0.717, 1.165) is 17.1 Å². The topological polar surface area (TPSA) is 69.7 Å². The van der Waals surface area contributed by atoms with Gasteiger partial charge in [-0.05, 0) is 24.6 Å². The Morgan fingerprint density at radius 3 is 3.14 bits per heavy atom. The largest absolute Gasteiger partial charge is 0.461 e. The molecule has 0 saturated carbocycles. The van der Waals surface area contributed by atoms with Gasteiger partial charge in [-0.3, -0.25) is 0 Å². The van der Waals surface area contributed by atoms with E-state index in [0.29, 0.717) is 23.8 Å². The van der Waals surface area contributed by atoms with Crippen molar-refractivity contribution in [3.05, 3.63) is 35.0 Å². The monoisotopic (exact) mass is 306 g/mol. The number of ether oxygens (including phenoxy) is 3. The van der Waals surface area contributed by atoms with E-state index in [2.05, 4.69) is 10.3 Å². The third-order valence-electron chi connectivity index (χ3n) is 2.93. The van der Waals surface area contributed by atoms with Crippen LogP contribution in [0.3, 0.4) is 0 Å². The second-order valence-corrected chi connectivity index (χ2v) is 5.15. The van der Waals surface area contributed by atoms with Crippen LogP contribution < -0.4 is 14.8 Å². The summed E-state index contributed by atoms with van der Waals surface area (Å²) in [5, 5.41) is 3.90. The zero-order valence-corrected chi connectivity index (χ0v) is 12.2. The van der Waals surface area contributed by atoms with Crippen LogP contribution >= 0.6 is 11.3 Å². The van der Waals surface area contributed by atoms with Crippen molar-refractivity contribution in [1.82, 2.24) is 4.98 Å². The molecule has 0 bridgehead atoms. The average Bonchev–Trinajstić information content (AvgIpc) is 3.13. The summed E-state index contributed by atoms with van der Waals surface area (Å²) in [4.78, 5) is 15.8. The molecule has 0 spiro atoms. The van der Waals surface area contributed by atoms with Gasteiger partial charge in [-0.2, -0.15) is 0 Å². The van der Waals surface area contributed by atoms with Gasteiger partial charge in [0, 0.05) is 6.54 Å². The van der Waals surface area contributed by atoms with E-state index in [1.54, 1.807) is 12.4 Å². The van der Waals surface area contributed by atoms with Crippen molar-refractivity contribution < 1.29 is 19.0 Å². The molecule has 1 aliphatic rings. The van der Waals surface area contributed by atoms with Crippen LogP contribution in [0.1, 0.15) is 23.0 Å². The minimum atomic E-state index is -0.410. The smallest absolute Gasteiger partial charge is 0.360 e. The van der Waals surface area contributed by atoms with Crippen LogP contribution in [0.2, 0.25) is 0 Å². The Morgan fingerprint density at radius 2 is 2.29 bits per heavy atom. The molecule has 1 N–H and O–H groups in total. The van der Waals surface area contributed by atoms with Gasteiger partial charge in [0.2, 0.25) is 6.79 Å². The highest BCUT2D eigenvalue weighted by Crippen LogP contribution is 2.33. The maximum Gasteiger partial charge on any atom is 0.360 e. The SMILES string of the molecule is CCOC(=O)c1ncsc1NCc1ccc2c(c1)OCO2. The molecule has 0 atom stereocenters. The van der Waals surface area contributed by atoms with Crippen molar-refractivity contribution in [2.45, 2.75) is 13.5 Å². The molecule has 2 aromatic rings. The van der Waals surface area contributed by atoms with Gasteiger partial charge in [-0.1, -0.05) is 6.07 Å². The van der Waals surface area contributed by atoms with Gasteiger partial charge < -0.3 is 19.5 Å². The molecule has 0 fully saturated rings. The number of rotatable bonds is 5. The Kier molecular flexibility index (Phi) is 3.92. The first kappa shape index (κ1) is 13.7. The summed E-state index contributed by atoms with van der Waals surface area (Å²) in [5.41, 5.74) is 2.97. The molecule has 21 heavy (non-hydrogen) atoms. The fourth-order valence-corrected chi connectivity index (χ4v) is 2.62. The highest BCUT2D eigenvalue weighted by molar-refractivity contribution is 7.14. The maximum atomic E-state index is 11.7. The van der Waals surface area contributed by atoms with E-state index in [9.17, 15) is 4.79 Å². The maximum absolute atomic E-state index is 11.7. The zero-order valence-electron chi connectivity index (χ0n) is 11.4. The molecule has 6 nitrogen and oxygen atoms in total. The molecule has 0 unspecified atom stereocenters. The highest BCUT2D eigenvalue weighted by Gasteiger charge is 2.17. The van der Waals surface area contributed by atoms with Crippen LogP contribution in [0.4, 0.5) is 5.00 Å². The third-order valence-corrected chi connectivity index (χ3v) is 3.71. The average molecular weight is 306 g/mol. The number of carbonyl (C=O) groups excluding carboxylic acids is 1. The number of benzene rings is 1. The molecule has 1 aliphatic heterocycles. The van der Waals surface area contributed by atoms with Gasteiger partial charge in [0.05, 0.1) is 12.1 Å². The van der Waals surface area contributed by atoms with Gasteiger partial charge >= 0.3 is 5.97 Å². The first-order valence-electron chi connectivity index (χ1n) is 6.51. The van der Waals surface area contributed by atoms with Gasteiger partial charge in [-0.15, -0.1) is 11.3 Å². The standard InChI is InChI=1S/C14H14N2O4S/c1-2-18-14(17)12-13(21-7-16-12)15-6-9-3-4-10-11(5-9)20-8-19-10/h3-5,7,15H,2,6,8H2,1H3. The van der Waals surface area contributed by atoms with E-state index in [-0.39, 0.29) is 6.79 Å². The predicted octanol–water partition coefficient (Wildman–Crippen LogP) is 2.66. The third kappa shape index (κ3) is 2.92. The van der Waals surface area contributed by atoms with Crippen LogP contribution in [0.15, 0.2) is 23.7 Å². The van der Waals surface area contributed by atoms with Crippen LogP contribution in [0.5, 0.6) is 11.5 Å². The van der Waals surface area contributed by atoms with Crippen molar-refractivity contribution in [1.29, 1.82) is 0 Å². The highest BCUT2D eigenvalue weighted by atomic mass is 32.1. The molecule has 0 amide bonds. The van der Waals surface area contributed by atoms with Crippen molar-refractivity contribution in [2.75, 3.05) is 18.7 Å².